The van der Waals surface area contributed by atoms with E-state index in [2.05, 4.69) is 21.2 Å². The number of anilines is 1. The van der Waals surface area contributed by atoms with E-state index in [-0.39, 0.29) is 17.6 Å². The molecule has 1 aliphatic heterocycles. The van der Waals surface area contributed by atoms with Gasteiger partial charge in [0.15, 0.2) is 0 Å². The van der Waals surface area contributed by atoms with Crippen LogP contribution in [0.3, 0.4) is 0 Å². The Morgan fingerprint density at radius 3 is 2.56 bits per heavy atom. The van der Waals surface area contributed by atoms with Crippen molar-refractivity contribution in [1.82, 2.24) is 0 Å². The van der Waals surface area contributed by atoms with Crippen LogP contribution < -0.4 is 5.32 Å². The molecule has 0 radical (unpaired) electrons. The van der Waals surface area contributed by atoms with Crippen molar-refractivity contribution in [2.45, 2.75) is 5.92 Å². The van der Waals surface area contributed by atoms with Crippen LogP contribution in [0.25, 0.3) is 0 Å². The molecule has 0 bridgehead atoms. The Bertz CT molecular complexity index is 622. The zero-order valence-electron chi connectivity index (χ0n) is 9.35. The molecule has 90 valence electrons. The zero-order valence-corrected chi connectivity index (χ0v) is 10.9. The number of carbonyl (C=O) groups excluding carboxylic acids is 1. The first-order valence-corrected chi connectivity index (χ1v) is 6.34. The number of nitrogens with one attached hydrogen (secondary N) is 1. The molecule has 0 saturated heterocycles. The number of amides is 1. The van der Waals surface area contributed by atoms with E-state index >= 15 is 0 Å². The van der Waals surface area contributed by atoms with E-state index in [1.165, 1.54) is 0 Å². The van der Waals surface area contributed by atoms with Crippen LogP contribution in [-0.2, 0) is 4.79 Å². The van der Waals surface area contributed by atoms with Gasteiger partial charge < -0.3 is 10.4 Å². The maximum absolute atomic E-state index is 12.0. The van der Waals surface area contributed by atoms with Gasteiger partial charge in [0.1, 0.15) is 5.75 Å². The van der Waals surface area contributed by atoms with Gasteiger partial charge in [-0.05, 0) is 41.5 Å². The highest BCUT2D eigenvalue weighted by Crippen LogP contribution is 2.38. The second-order valence-corrected chi connectivity index (χ2v) is 5.16. The van der Waals surface area contributed by atoms with E-state index in [0.717, 1.165) is 21.3 Å². The standard InChI is InChI=1S/C14H10BrNO2/c15-9-3-6-12-11(7-9)13(14(18)16-12)8-1-4-10(17)5-2-8/h1-7,13,17H,(H,16,18). The average molecular weight is 304 g/mol. The molecule has 1 unspecified atom stereocenters. The first-order chi connectivity index (χ1) is 8.65. The Kier molecular flexibility index (Phi) is 2.59. The van der Waals surface area contributed by atoms with Gasteiger partial charge >= 0.3 is 0 Å². The van der Waals surface area contributed by atoms with E-state index in [1.807, 2.05) is 18.2 Å². The largest absolute Gasteiger partial charge is 0.508 e. The van der Waals surface area contributed by atoms with Crippen molar-refractivity contribution in [2.24, 2.45) is 0 Å². The van der Waals surface area contributed by atoms with Gasteiger partial charge in [-0.2, -0.15) is 0 Å². The van der Waals surface area contributed by atoms with E-state index in [9.17, 15) is 9.90 Å². The molecule has 2 N–H and O–H groups in total. The highest BCUT2D eigenvalue weighted by molar-refractivity contribution is 9.10. The maximum atomic E-state index is 12.0. The Morgan fingerprint density at radius 2 is 1.83 bits per heavy atom. The molecular formula is C14H10BrNO2. The van der Waals surface area contributed by atoms with Crippen molar-refractivity contribution < 1.29 is 9.90 Å². The monoisotopic (exact) mass is 303 g/mol. The fourth-order valence-corrected chi connectivity index (χ4v) is 2.61. The van der Waals surface area contributed by atoms with Gasteiger partial charge in [0.05, 0.1) is 5.92 Å². The maximum Gasteiger partial charge on any atom is 0.236 e. The minimum atomic E-state index is -0.307. The summed E-state index contributed by atoms with van der Waals surface area (Å²) in [5, 5.41) is 12.2. The van der Waals surface area contributed by atoms with Crippen LogP contribution in [0.4, 0.5) is 5.69 Å². The minimum absolute atomic E-state index is 0.0335. The third-order valence-corrected chi connectivity index (χ3v) is 3.56. The van der Waals surface area contributed by atoms with E-state index in [4.69, 9.17) is 0 Å². The van der Waals surface area contributed by atoms with Crippen LogP contribution in [0.5, 0.6) is 5.75 Å². The van der Waals surface area contributed by atoms with Crippen molar-refractivity contribution in [3.63, 3.8) is 0 Å². The summed E-state index contributed by atoms with van der Waals surface area (Å²) in [6.07, 6.45) is 0. The molecule has 0 aromatic heterocycles. The van der Waals surface area contributed by atoms with Crippen LogP contribution in [-0.4, -0.2) is 11.0 Å². The fourth-order valence-electron chi connectivity index (χ4n) is 2.23. The number of aromatic hydroxyl groups is 1. The topological polar surface area (TPSA) is 49.3 Å². The molecule has 2 aromatic carbocycles. The van der Waals surface area contributed by atoms with Crippen LogP contribution in [0.1, 0.15) is 17.0 Å². The predicted octanol–water partition coefficient (Wildman–Crippen LogP) is 3.24. The smallest absolute Gasteiger partial charge is 0.236 e. The van der Waals surface area contributed by atoms with Crippen molar-refractivity contribution >= 4 is 27.5 Å². The summed E-state index contributed by atoms with van der Waals surface area (Å²) in [6, 6.07) is 12.5. The molecule has 18 heavy (non-hydrogen) atoms. The zero-order chi connectivity index (χ0) is 12.7. The molecular weight excluding hydrogens is 294 g/mol. The lowest BCUT2D eigenvalue weighted by Gasteiger charge is -2.09. The van der Waals surface area contributed by atoms with Crippen molar-refractivity contribution in [3.05, 3.63) is 58.1 Å². The second-order valence-electron chi connectivity index (χ2n) is 4.25. The molecule has 3 nitrogen and oxygen atoms in total. The van der Waals surface area contributed by atoms with Gasteiger partial charge in [0.25, 0.3) is 0 Å². The van der Waals surface area contributed by atoms with Crippen molar-refractivity contribution in [1.29, 1.82) is 0 Å². The molecule has 4 heteroatoms. The number of phenolic OH excluding ortho intramolecular Hbond substituents is 1. The molecule has 0 spiro atoms. The average Bonchev–Trinajstić information content (AvgIpc) is 2.66. The molecule has 0 fully saturated rings. The highest BCUT2D eigenvalue weighted by atomic mass is 79.9. The SMILES string of the molecule is O=C1Nc2ccc(Br)cc2C1c1ccc(O)cc1. The third kappa shape index (κ3) is 1.78. The number of hydrogen-bond donors (Lipinski definition) is 2. The van der Waals surface area contributed by atoms with Crippen LogP contribution in [0, 0.1) is 0 Å². The van der Waals surface area contributed by atoms with E-state index in [1.54, 1.807) is 24.3 Å². The summed E-state index contributed by atoms with van der Waals surface area (Å²) >= 11 is 3.42. The summed E-state index contributed by atoms with van der Waals surface area (Å²) in [5.74, 6) is -0.140. The molecule has 1 amide bonds. The van der Waals surface area contributed by atoms with Gasteiger partial charge in [0, 0.05) is 10.2 Å². The third-order valence-electron chi connectivity index (χ3n) is 3.07. The normalized spacial score (nSPS) is 17.4. The summed E-state index contributed by atoms with van der Waals surface area (Å²) in [5.41, 5.74) is 2.68. The summed E-state index contributed by atoms with van der Waals surface area (Å²) in [7, 11) is 0. The first-order valence-electron chi connectivity index (χ1n) is 5.54. The quantitative estimate of drug-likeness (QED) is 0.850. The van der Waals surface area contributed by atoms with Gasteiger partial charge in [-0.15, -0.1) is 0 Å². The molecule has 1 heterocycles. The number of phenols is 1. The summed E-state index contributed by atoms with van der Waals surface area (Å²) < 4.78 is 0.946. The molecule has 2 aromatic rings. The van der Waals surface area contributed by atoms with Crippen molar-refractivity contribution in [3.8, 4) is 5.75 Å². The Morgan fingerprint density at radius 1 is 1.11 bits per heavy atom. The summed E-state index contributed by atoms with van der Waals surface area (Å²) in [6.45, 7) is 0. The summed E-state index contributed by atoms with van der Waals surface area (Å²) in [4.78, 5) is 12.0. The Hall–Kier alpha value is -1.81. The fraction of sp³-hybridized carbons (Fsp3) is 0.0714. The number of hydrogen-bond acceptors (Lipinski definition) is 2. The van der Waals surface area contributed by atoms with Gasteiger partial charge in [-0.3, -0.25) is 4.79 Å². The van der Waals surface area contributed by atoms with Gasteiger partial charge in [-0.25, -0.2) is 0 Å². The minimum Gasteiger partial charge on any atom is -0.508 e. The van der Waals surface area contributed by atoms with E-state index in [0.29, 0.717) is 0 Å². The van der Waals surface area contributed by atoms with Crippen molar-refractivity contribution in [2.75, 3.05) is 5.32 Å². The number of fused-ring (bicyclic) bond motifs is 1. The molecule has 0 saturated carbocycles. The second kappa shape index (κ2) is 4.14. The lowest BCUT2D eigenvalue weighted by molar-refractivity contribution is -0.116. The van der Waals surface area contributed by atoms with E-state index < -0.39 is 0 Å². The number of rotatable bonds is 1. The number of carbonyl (C=O) groups is 1. The predicted molar refractivity (Wildman–Crippen MR) is 72.7 cm³/mol. The number of benzene rings is 2. The lowest BCUT2D eigenvalue weighted by Crippen LogP contribution is -2.12. The lowest BCUT2D eigenvalue weighted by atomic mass is 9.93. The first kappa shape index (κ1) is 11.3. The van der Waals surface area contributed by atoms with Gasteiger partial charge in [-0.1, -0.05) is 28.1 Å². The number of halogens is 1. The van der Waals surface area contributed by atoms with Crippen LogP contribution >= 0.6 is 15.9 Å². The highest BCUT2D eigenvalue weighted by Gasteiger charge is 2.31. The molecule has 3 rings (SSSR count). The van der Waals surface area contributed by atoms with Gasteiger partial charge in [0.2, 0.25) is 5.91 Å². The molecule has 1 aliphatic rings. The van der Waals surface area contributed by atoms with Crippen LogP contribution in [0.15, 0.2) is 46.9 Å². The molecule has 1 atom stereocenters. The Balaban J connectivity index is 2.11. The Labute approximate surface area is 113 Å². The van der Waals surface area contributed by atoms with Crippen LogP contribution in [0.2, 0.25) is 0 Å². The molecule has 0 aliphatic carbocycles.